The molecule has 2 aliphatic rings. The molecule has 1 aromatic carbocycles. The number of carboxylic acids is 1. The molecule has 1 saturated heterocycles. The number of rotatable bonds is 2. The first-order chi connectivity index (χ1) is 9.94. The van der Waals surface area contributed by atoms with Crippen LogP contribution in [0, 0.1) is 25.2 Å². The van der Waals surface area contributed by atoms with E-state index in [4.69, 9.17) is 5.11 Å². The van der Waals surface area contributed by atoms with Crippen molar-refractivity contribution < 1.29 is 14.7 Å². The molecule has 112 valence electrons. The summed E-state index contributed by atoms with van der Waals surface area (Å²) in [6.07, 6.45) is 2.43. The van der Waals surface area contributed by atoms with E-state index in [-0.39, 0.29) is 17.2 Å². The van der Waals surface area contributed by atoms with Gasteiger partial charge in [0.25, 0.3) is 5.91 Å². The molecular formula is C17H21NO3. The molecule has 1 N–H and O–H groups in total. The average molecular weight is 287 g/mol. The Morgan fingerprint density at radius 3 is 2.48 bits per heavy atom. The van der Waals surface area contributed by atoms with Gasteiger partial charge in [0.2, 0.25) is 0 Å². The Morgan fingerprint density at radius 1 is 1.24 bits per heavy atom. The maximum absolute atomic E-state index is 12.6. The lowest BCUT2D eigenvalue weighted by Crippen LogP contribution is -2.40. The van der Waals surface area contributed by atoms with Gasteiger partial charge < -0.3 is 10.0 Å². The maximum atomic E-state index is 12.6. The van der Waals surface area contributed by atoms with Crippen molar-refractivity contribution in [3.8, 4) is 0 Å². The van der Waals surface area contributed by atoms with Crippen molar-refractivity contribution in [3.05, 3.63) is 34.9 Å². The number of aryl methyl sites for hydroxylation is 1. The van der Waals surface area contributed by atoms with E-state index >= 15 is 0 Å². The first-order valence-electron chi connectivity index (χ1n) is 7.53. The maximum Gasteiger partial charge on any atom is 0.307 e. The fraction of sp³-hybridized carbons (Fsp3) is 0.529. The number of nitrogens with zero attached hydrogens (tertiary/aromatic N) is 1. The van der Waals surface area contributed by atoms with Crippen LogP contribution in [0.5, 0.6) is 0 Å². The zero-order valence-electron chi connectivity index (χ0n) is 12.6. The molecule has 1 heterocycles. The Morgan fingerprint density at radius 2 is 1.90 bits per heavy atom. The van der Waals surface area contributed by atoms with E-state index in [0.29, 0.717) is 13.1 Å². The third kappa shape index (κ3) is 2.33. The molecule has 4 nitrogen and oxygen atoms in total. The van der Waals surface area contributed by atoms with Gasteiger partial charge in [-0.05, 0) is 55.7 Å². The molecule has 2 fully saturated rings. The fourth-order valence-corrected chi connectivity index (χ4v) is 3.56. The van der Waals surface area contributed by atoms with Crippen molar-refractivity contribution >= 4 is 11.9 Å². The van der Waals surface area contributed by atoms with E-state index in [1.54, 1.807) is 0 Å². The average Bonchev–Trinajstić information content (AvgIpc) is 3.16. The molecule has 1 aliphatic heterocycles. The van der Waals surface area contributed by atoms with Crippen LogP contribution in [-0.2, 0) is 4.79 Å². The largest absolute Gasteiger partial charge is 0.481 e. The summed E-state index contributed by atoms with van der Waals surface area (Å²) >= 11 is 0. The summed E-state index contributed by atoms with van der Waals surface area (Å²) < 4.78 is 0. The first kappa shape index (κ1) is 14.1. The highest BCUT2D eigenvalue weighted by Crippen LogP contribution is 2.59. The zero-order chi connectivity index (χ0) is 15.2. The van der Waals surface area contributed by atoms with E-state index in [9.17, 15) is 9.59 Å². The van der Waals surface area contributed by atoms with Gasteiger partial charge >= 0.3 is 5.97 Å². The Bertz CT molecular complexity index is 600. The van der Waals surface area contributed by atoms with Gasteiger partial charge in [-0.2, -0.15) is 0 Å². The van der Waals surface area contributed by atoms with E-state index in [0.717, 1.165) is 36.0 Å². The highest BCUT2D eigenvalue weighted by molar-refractivity contribution is 5.96. The molecular weight excluding hydrogens is 266 g/mol. The van der Waals surface area contributed by atoms with Gasteiger partial charge in [-0.25, -0.2) is 0 Å². The van der Waals surface area contributed by atoms with Gasteiger partial charge in [0, 0.05) is 18.7 Å². The number of aliphatic carboxylic acids is 1. The number of amides is 1. The van der Waals surface area contributed by atoms with E-state index < -0.39 is 5.97 Å². The molecule has 0 aromatic heterocycles. The van der Waals surface area contributed by atoms with Crippen LogP contribution in [-0.4, -0.2) is 35.0 Å². The number of likely N-dealkylation sites (tertiary alicyclic amines) is 1. The van der Waals surface area contributed by atoms with Crippen molar-refractivity contribution in [1.82, 2.24) is 4.90 Å². The summed E-state index contributed by atoms with van der Waals surface area (Å²) in [5, 5.41) is 9.11. The van der Waals surface area contributed by atoms with Crippen LogP contribution in [0.25, 0.3) is 0 Å². The standard InChI is InChI=1S/C17H21NO3/c1-11-4-3-5-13(12(11)2)15(19)18-8-6-17(7-9-18)10-14(17)16(20)21/h3-5,14H,6-10H2,1-2H3,(H,20,21). The Labute approximate surface area is 124 Å². The minimum Gasteiger partial charge on any atom is -0.481 e. The van der Waals surface area contributed by atoms with Gasteiger partial charge in [0.05, 0.1) is 5.92 Å². The van der Waals surface area contributed by atoms with E-state index in [1.165, 1.54) is 0 Å². The molecule has 0 radical (unpaired) electrons. The highest BCUT2D eigenvalue weighted by Gasteiger charge is 2.59. The van der Waals surface area contributed by atoms with Gasteiger partial charge in [0.15, 0.2) is 0 Å². The molecule has 1 unspecified atom stereocenters. The topological polar surface area (TPSA) is 57.6 Å². The number of hydrogen-bond acceptors (Lipinski definition) is 2. The normalized spacial score (nSPS) is 23.1. The van der Waals surface area contributed by atoms with Gasteiger partial charge in [-0.3, -0.25) is 9.59 Å². The number of carbonyl (C=O) groups is 2. The molecule has 1 saturated carbocycles. The Kier molecular flexibility index (Phi) is 3.27. The summed E-state index contributed by atoms with van der Waals surface area (Å²) in [5.74, 6) is -0.779. The van der Waals surface area contributed by atoms with Gasteiger partial charge in [-0.1, -0.05) is 12.1 Å². The monoisotopic (exact) mass is 287 g/mol. The van der Waals surface area contributed by atoms with Crippen LogP contribution < -0.4 is 0 Å². The second kappa shape index (κ2) is 4.86. The molecule has 0 bridgehead atoms. The molecule has 3 rings (SSSR count). The van der Waals surface area contributed by atoms with Gasteiger partial charge in [-0.15, -0.1) is 0 Å². The third-order valence-corrected chi connectivity index (χ3v) is 5.37. The third-order valence-electron chi connectivity index (χ3n) is 5.37. The van der Waals surface area contributed by atoms with Crippen LogP contribution in [0.4, 0.5) is 0 Å². The molecule has 1 aliphatic carbocycles. The number of piperidine rings is 1. The van der Waals surface area contributed by atoms with Crippen molar-refractivity contribution in [1.29, 1.82) is 0 Å². The van der Waals surface area contributed by atoms with Crippen molar-refractivity contribution in [2.24, 2.45) is 11.3 Å². The predicted molar refractivity (Wildman–Crippen MR) is 79.2 cm³/mol. The number of carboxylic acid groups (broad SMARTS) is 1. The van der Waals surface area contributed by atoms with Crippen LogP contribution in [0.1, 0.15) is 40.7 Å². The number of hydrogen-bond donors (Lipinski definition) is 1. The number of benzene rings is 1. The van der Waals surface area contributed by atoms with E-state index in [2.05, 4.69) is 0 Å². The van der Waals surface area contributed by atoms with Crippen molar-refractivity contribution in [2.45, 2.75) is 33.1 Å². The molecule has 21 heavy (non-hydrogen) atoms. The van der Waals surface area contributed by atoms with Crippen LogP contribution in [0.3, 0.4) is 0 Å². The van der Waals surface area contributed by atoms with E-state index in [1.807, 2.05) is 36.9 Å². The van der Waals surface area contributed by atoms with Crippen molar-refractivity contribution in [3.63, 3.8) is 0 Å². The zero-order valence-corrected chi connectivity index (χ0v) is 12.6. The summed E-state index contributed by atoms with van der Waals surface area (Å²) in [6, 6.07) is 5.81. The van der Waals surface area contributed by atoms with Crippen molar-refractivity contribution in [2.75, 3.05) is 13.1 Å². The predicted octanol–water partition coefficient (Wildman–Crippen LogP) is 2.63. The summed E-state index contributed by atoms with van der Waals surface area (Å²) in [5.41, 5.74) is 2.92. The number of carbonyl (C=O) groups excluding carboxylic acids is 1. The fourth-order valence-electron chi connectivity index (χ4n) is 3.56. The Balaban J connectivity index is 1.69. The molecule has 1 aromatic rings. The lowest BCUT2D eigenvalue weighted by Gasteiger charge is -2.33. The summed E-state index contributed by atoms with van der Waals surface area (Å²) in [4.78, 5) is 25.6. The highest BCUT2D eigenvalue weighted by atomic mass is 16.4. The molecule has 4 heteroatoms. The second-order valence-electron chi connectivity index (χ2n) is 6.50. The minimum absolute atomic E-state index is 0.0235. The van der Waals surface area contributed by atoms with Crippen LogP contribution in [0.15, 0.2) is 18.2 Å². The molecule has 1 atom stereocenters. The second-order valence-corrected chi connectivity index (χ2v) is 6.50. The summed E-state index contributed by atoms with van der Waals surface area (Å²) in [6.45, 7) is 5.35. The molecule has 1 spiro atoms. The smallest absolute Gasteiger partial charge is 0.307 e. The minimum atomic E-state index is -0.677. The quantitative estimate of drug-likeness (QED) is 0.909. The summed E-state index contributed by atoms with van der Waals surface area (Å²) in [7, 11) is 0. The molecule has 1 amide bonds. The Hall–Kier alpha value is -1.84. The SMILES string of the molecule is Cc1cccc(C(=O)N2CCC3(CC2)CC3C(=O)O)c1C. The lowest BCUT2D eigenvalue weighted by atomic mass is 9.90. The lowest BCUT2D eigenvalue weighted by molar-refractivity contribution is -0.139. The van der Waals surface area contributed by atoms with Crippen LogP contribution in [0.2, 0.25) is 0 Å². The first-order valence-corrected chi connectivity index (χ1v) is 7.53. The van der Waals surface area contributed by atoms with Gasteiger partial charge in [0.1, 0.15) is 0 Å². The van der Waals surface area contributed by atoms with Crippen LogP contribution >= 0.6 is 0 Å².